The van der Waals surface area contributed by atoms with Gasteiger partial charge in [-0.25, -0.2) is 8.42 Å². The Labute approximate surface area is 140 Å². The van der Waals surface area contributed by atoms with Crippen molar-refractivity contribution in [3.8, 4) is 0 Å². The summed E-state index contributed by atoms with van der Waals surface area (Å²) in [5.74, 6) is -0.152. The maximum atomic E-state index is 12.2. The summed E-state index contributed by atoms with van der Waals surface area (Å²) >= 11 is 0. The molecule has 24 heavy (non-hydrogen) atoms. The minimum Gasteiger partial charge on any atom is -0.352 e. The summed E-state index contributed by atoms with van der Waals surface area (Å²) in [6, 6.07) is 5.15. The van der Waals surface area contributed by atoms with E-state index < -0.39 is 10.0 Å². The predicted octanol–water partition coefficient (Wildman–Crippen LogP) is 0.301. The second kappa shape index (κ2) is 6.70. The third-order valence-electron chi connectivity index (χ3n) is 3.95. The second-order valence-electron chi connectivity index (χ2n) is 5.82. The van der Waals surface area contributed by atoms with Crippen LogP contribution in [0.5, 0.6) is 0 Å². The lowest BCUT2D eigenvalue weighted by Gasteiger charge is -2.32. The van der Waals surface area contributed by atoms with Gasteiger partial charge in [0.2, 0.25) is 15.9 Å². The van der Waals surface area contributed by atoms with E-state index in [0.717, 1.165) is 11.3 Å². The third kappa shape index (κ3) is 3.80. The number of fused-ring (bicyclic) bond motifs is 1. The Morgan fingerprint density at radius 1 is 1.38 bits per heavy atom. The molecule has 0 aromatic carbocycles. The molecule has 3 heterocycles. The van der Waals surface area contributed by atoms with Crippen molar-refractivity contribution in [3.05, 3.63) is 48.0 Å². The number of hydrogen-bond donors (Lipinski definition) is 1. The van der Waals surface area contributed by atoms with Crippen LogP contribution in [0, 0.1) is 0 Å². The molecular formula is C15H19N5O3S. The highest BCUT2D eigenvalue weighted by Gasteiger charge is 2.31. The fourth-order valence-corrected chi connectivity index (χ4v) is 3.56. The molecule has 0 radical (unpaired) electrons. The van der Waals surface area contributed by atoms with Crippen LogP contribution in [0.1, 0.15) is 23.7 Å². The first kappa shape index (κ1) is 16.6. The van der Waals surface area contributed by atoms with Crippen LogP contribution >= 0.6 is 0 Å². The van der Waals surface area contributed by atoms with Gasteiger partial charge in [0, 0.05) is 31.7 Å². The Bertz CT molecular complexity index is 819. The van der Waals surface area contributed by atoms with Crippen molar-refractivity contribution in [2.45, 2.75) is 25.6 Å². The number of carbonyl (C=O) groups is 1. The summed E-state index contributed by atoms with van der Waals surface area (Å²) in [5.41, 5.74) is 1.70. The Hall–Kier alpha value is -2.26. The average molecular weight is 349 g/mol. The standard InChI is InChI=1S/C15H19N5O3S/c1-24(22,23)19-10-13-4-6-18-20(13)14(11-19)7-15(21)17-9-12-3-2-5-16-8-12/h2-6,8,14H,7,9-11H2,1H3,(H,17,21)/t14-/m0/s1. The summed E-state index contributed by atoms with van der Waals surface area (Å²) in [6.45, 7) is 0.918. The van der Waals surface area contributed by atoms with Crippen molar-refractivity contribution < 1.29 is 13.2 Å². The van der Waals surface area contributed by atoms with Crippen LogP contribution in [0.25, 0.3) is 0 Å². The number of sulfonamides is 1. The maximum Gasteiger partial charge on any atom is 0.222 e. The lowest BCUT2D eigenvalue weighted by molar-refractivity contribution is -0.122. The van der Waals surface area contributed by atoms with Gasteiger partial charge in [-0.15, -0.1) is 0 Å². The maximum absolute atomic E-state index is 12.2. The van der Waals surface area contributed by atoms with Gasteiger partial charge >= 0.3 is 0 Å². The molecule has 0 saturated heterocycles. The lowest BCUT2D eigenvalue weighted by Crippen LogP contribution is -2.42. The van der Waals surface area contributed by atoms with Crippen LogP contribution < -0.4 is 5.32 Å². The molecule has 0 aliphatic carbocycles. The topological polar surface area (TPSA) is 97.2 Å². The van der Waals surface area contributed by atoms with Gasteiger partial charge in [0.05, 0.1) is 31.0 Å². The molecule has 1 amide bonds. The number of nitrogens with zero attached hydrogens (tertiary/aromatic N) is 4. The number of rotatable bonds is 5. The number of aromatic nitrogens is 3. The monoisotopic (exact) mass is 349 g/mol. The SMILES string of the molecule is CS(=O)(=O)N1Cc2ccnn2[C@@H](CC(=O)NCc2cccnc2)C1. The number of carbonyl (C=O) groups excluding carboxylic acids is 1. The molecule has 0 bridgehead atoms. The molecular weight excluding hydrogens is 330 g/mol. The van der Waals surface area contributed by atoms with Gasteiger partial charge in [-0.1, -0.05) is 6.07 Å². The van der Waals surface area contributed by atoms with Crippen LogP contribution in [0.3, 0.4) is 0 Å². The summed E-state index contributed by atoms with van der Waals surface area (Å²) in [5, 5.41) is 7.07. The summed E-state index contributed by atoms with van der Waals surface area (Å²) in [6.07, 6.45) is 6.34. The van der Waals surface area contributed by atoms with Crippen LogP contribution in [-0.4, -0.2) is 46.2 Å². The van der Waals surface area contributed by atoms with Gasteiger partial charge in [0.1, 0.15) is 0 Å². The van der Waals surface area contributed by atoms with Crippen molar-refractivity contribution in [1.29, 1.82) is 0 Å². The molecule has 1 N–H and O–H groups in total. The lowest BCUT2D eigenvalue weighted by atomic mass is 10.1. The summed E-state index contributed by atoms with van der Waals surface area (Å²) in [4.78, 5) is 16.2. The van der Waals surface area contributed by atoms with Crippen molar-refractivity contribution in [3.63, 3.8) is 0 Å². The van der Waals surface area contributed by atoms with Gasteiger partial charge in [-0.05, 0) is 17.7 Å². The zero-order valence-corrected chi connectivity index (χ0v) is 14.1. The highest BCUT2D eigenvalue weighted by atomic mass is 32.2. The largest absolute Gasteiger partial charge is 0.352 e. The normalized spacial score (nSPS) is 18.1. The van der Waals surface area contributed by atoms with E-state index >= 15 is 0 Å². The quantitative estimate of drug-likeness (QED) is 0.837. The number of amides is 1. The molecule has 9 heteroatoms. The molecule has 0 unspecified atom stereocenters. The Balaban J connectivity index is 1.66. The van der Waals surface area contributed by atoms with E-state index in [0.29, 0.717) is 6.54 Å². The molecule has 1 aliphatic heterocycles. The van der Waals surface area contributed by atoms with Crippen LogP contribution in [-0.2, 0) is 27.9 Å². The van der Waals surface area contributed by atoms with Crippen molar-refractivity contribution >= 4 is 15.9 Å². The molecule has 0 fully saturated rings. The highest BCUT2D eigenvalue weighted by molar-refractivity contribution is 7.88. The van der Waals surface area contributed by atoms with E-state index in [2.05, 4.69) is 15.4 Å². The molecule has 0 spiro atoms. The fraction of sp³-hybridized carbons (Fsp3) is 0.400. The zero-order chi connectivity index (χ0) is 17.2. The third-order valence-corrected chi connectivity index (χ3v) is 5.17. The first-order valence-corrected chi connectivity index (χ1v) is 9.41. The molecule has 128 valence electrons. The van der Waals surface area contributed by atoms with Crippen molar-refractivity contribution in [2.24, 2.45) is 0 Å². The van der Waals surface area contributed by atoms with Crippen LogP contribution in [0.15, 0.2) is 36.8 Å². The van der Waals surface area contributed by atoms with E-state index in [1.54, 1.807) is 29.3 Å². The smallest absolute Gasteiger partial charge is 0.222 e. The van der Waals surface area contributed by atoms with E-state index in [1.807, 2.05) is 12.1 Å². The van der Waals surface area contributed by atoms with Crippen molar-refractivity contribution in [1.82, 2.24) is 24.4 Å². The minimum absolute atomic E-state index is 0.152. The zero-order valence-electron chi connectivity index (χ0n) is 13.3. The first-order chi connectivity index (χ1) is 11.4. The average Bonchev–Trinajstić information content (AvgIpc) is 3.02. The number of hydrogen-bond acceptors (Lipinski definition) is 5. The minimum atomic E-state index is -3.32. The van der Waals surface area contributed by atoms with E-state index in [4.69, 9.17) is 0 Å². The molecule has 3 rings (SSSR count). The van der Waals surface area contributed by atoms with Crippen LogP contribution in [0.2, 0.25) is 0 Å². The number of nitrogens with one attached hydrogen (secondary N) is 1. The molecule has 1 aliphatic rings. The van der Waals surface area contributed by atoms with Gasteiger partial charge in [-0.3, -0.25) is 14.5 Å². The molecule has 2 aromatic rings. The van der Waals surface area contributed by atoms with Gasteiger partial charge in [0.15, 0.2) is 0 Å². The Morgan fingerprint density at radius 2 is 2.21 bits per heavy atom. The molecule has 8 nitrogen and oxygen atoms in total. The number of pyridine rings is 1. The highest BCUT2D eigenvalue weighted by Crippen LogP contribution is 2.24. The van der Waals surface area contributed by atoms with Crippen molar-refractivity contribution in [2.75, 3.05) is 12.8 Å². The van der Waals surface area contributed by atoms with Gasteiger partial charge in [-0.2, -0.15) is 9.40 Å². The summed E-state index contributed by atoms with van der Waals surface area (Å²) in [7, 11) is -3.32. The van der Waals surface area contributed by atoms with Crippen LogP contribution in [0.4, 0.5) is 0 Å². The van der Waals surface area contributed by atoms with E-state index in [-0.39, 0.29) is 31.5 Å². The Kier molecular flexibility index (Phi) is 4.63. The van der Waals surface area contributed by atoms with E-state index in [1.165, 1.54) is 10.6 Å². The first-order valence-electron chi connectivity index (χ1n) is 7.56. The Morgan fingerprint density at radius 3 is 2.92 bits per heavy atom. The molecule has 2 aromatic heterocycles. The second-order valence-corrected chi connectivity index (χ2v) is 7.80. The molecule has 0 saturated carbocycles. The van der Waals surface area contributed by atoms with E-state index in [9.17, 15) is 13.2 Å². The molecule has 1 atom stereocenters. The summed E-state index contributed by atoms with van der Waals surface area (Å²) < 4.78 is 26.8. The predicted molar refractivity (Wildman–Crippen MR) is 87.2 cm³/mol. The van der Waals surface area contributed by atoms with Gasteiger partial charge < -0.3 is 5.32 Å². The van der Waals surface area contributed by atoms with Gasteiger partial charge in [0.25, 0.3) is 0 Å². The fourth-order valence-electron chi connectivity index (χ4n) is 2.75.